The second kappa shape index (κ2) is 8.13. The predicted molar refractivity (Wildman–Crippen MR) is 87.9 cm³/mol. The summed E-state index contributed by atoms with van der Waals surface area (Å²) < 4.78 is 2.04. The van der Waals surface area contributed by atoms with Crippen LogP contribution in [0.2, 0.25) is 5.02 Å². The number of aryl methyl sites for hydroxylation is 2. The Labute approximate surface area is 133 Å². The number of halogens is 1. The molecular formula is C15H28ClN5. The summed E-state index contributed by atoms with van der Waals surface area (Å²) in [5.41, 5.74) is 2.17. The number of rotatable bonds is 7. The maximum Gasteiger partial charge on any atom is 0.0863 e. The van der Waals surface area contributed by atoms with Gasteiger partial charge in [0.15, 0.2) is 0 Å². The van der Waals surface area contributed by atoms with Crippen molar-refractivity contribution in [3.8, 4) is 0 Å². The molecule has 1 N–H and O–H groups in total. The fourth-order valence-electron chi connectivity index (χ4n) is 2.75. The van der Waals surface area contributed by atoms with E-state index in [0.717, 1.165) is 75.2 Å². The van der Waals surface area contributed by atoms with E-state index < -0.39 is 0 Å². The van der Waals surface area contributed by atoms with Crippen LogP contribution in [0.15, 0.2) is 0 Å². The van der Waals surface area contributed by atoms with Crippen LogP contribution in [0.3, 0.4) is 0 Å². The van der Waals surface area contributed by atoms with Gasteiger partial charge in [0.1, 0.15) is 0 Å². The Bertz CT molecular complexity index is 440. The highest BCUT2D eigenvalue weighted by molar-refractivity contribution is 6.31. The highest BCUT2D eigenvalue weighted by Gasteiger charge is 2.16. The van der Waals surface area contributed by atoms with Gasteiger partial charge in [-0.3, -0.25) is 14.5 Å². The van der Waals surface area contributed by atoms with Gasteiger partial charge in [0, 0.05) is 52.4 Å². The first-order chi connectivity index (χ1) is 10.2. The molecule has 6 heteroatoms. The molecule has 1 fully saturated rings. The van der Waals surface area contributed by atoms with E-state index in [1.165, 1.54) is 0 Å². The van der Waals surface area contributed by atoms with Gasteiger partial charge in [0.05, 0.1) is 16.4 Å². The van der Waals surface area contributed by atoms with Gasteiger partial charge in [-0.05, 0) is 20.4 Å². The van der Waals surface area contributed by atoms with Gasteiger partial charge in [0.25, 0.3) is 0 Å². The molecule has 1 aromatic heterocycles. The van der Waals surface area contributed by atoms with Crippen molar-refractivity contribution in [2.45, 2.75) is 33.4 Å². The number of likely N-dealkylation sites (N-methyl/N-ethyl adjacent to an activating group) is 1. The summed E-state index contributed by atoms with van der Waals surface area (Å²) in [6.07, 6.45) is 0.892. The lowest BCUT2D eigenvalue weighted by Crippen LogP contribution is -2.45. The zero-order chi connectivity index (χ0) is 15.2. The summed E-state index contributed by atoms with van der Waals surface area (Å²) in [6.45, 7) is 12.7. The van der Waals surface area contributed by atoms with E-state index in [1.54, 1.807) is 0 Å². The molecule has 1 saturated heterocycles. The molecule has 120 valence electrons. The van der Waals surface area contributed by atoms with Crippen LogP contribution in [0, 0.1) is 0 Å². The third-order valence-corrected chi connectivity index (χ3v) is 4.56. The summed E-state index contributed by atoms with van der Waals surface area (Å²) in [5.74, 6) is 0. The quantitative estimate of drug-likeness (QED) is 0.827. The number of piperazine rings is 1. The molecule has 0 radical (unpaired) electrons. The minimum Gasteiger partial charge on any atom is -0.314 e. The Morgan fingerprint density at radius 1 is 1.29 bits per heavy atom. The lowest BCUT2D eigenvalue weighted by atomic mass is 10.3. The van der Waals surface area contributed by atoms with Gasteiger partial charge in [-0.2, -0.15) is 5.10 Å². The van der Waals surface area contributed by atoms with Crippen LogP contribution in [-0.2, 0) is 19.5 Å². The third-order valence-electron chi connectivity index (χ3n) is 4.12. The van der Waals surface area contributed by atoms with Gasteiger partial charge >= 0.3 is 0 Å². The molecule has 2 heterocycles. The van der Waals surface area contributed by atoms with Gasteiger partial charge in [-0.25, -0.2) is 0 Å². The fraction of sp³-hybridized carbons (Fsp3) is 0.800. The summed E-state index contributed by atoms with van der Waals surface area (Å²) in [6, 6.07) is 0. The van der Waals surface area contributed by atoms with Gasteiger partial charge in [0.2, 0.25) is 0 Å². The van der Waals surface area contributed by atoms with Crippen molar-refractivity contribution in [2.24, 2.45) is 0 Å². The predicted octanol–water partition coefficient (Wildman–Crippen LogP) is 1.46. The van der Waals surface area contributed by atoms with Gasteiger partial charge < -0.3 is 5.32 Å². The normalized spacial score (nSPS) is 16.8. The van der Waals surface area contributed by atoms with Crippen LogP contribution >= 0.6 is 11.6 Å². The molecular weight excluding hydrogens is 286 g/mol. The Morgan fingerprint density at radius 3 is 2.62 bits per heavy atom. The minimum atomic E-state index is 0.855. The monoisotopic (exact) mass is 313 g/mol. The third kappa shape index (κ3) is 4.42. The lowest BCUT2D eigenvalue weighted by molar-refractivity contribution is 0.200. The standard InChI is InChI=1S/C15H28ClN5/c1-4-13-15(16)14(21(5-2)18-13)12-19(3)10-11-20-8-6-17-7-9-20/h17H,4-12H2,1-3H3. The Morgan fingerprint density at radius 2 is 2.00 bits per heavy atom. The van der Waals surface area contributed by atoms with E-state index in [-0.39, 0.29) is 0 Å². The summed E-state index contributed by atoms with van der Waals surface area (Å²) in [5, 5.41) is 8.83. The molecule has 21 heavy (non-hydrogen) atoms. The number of hydrogen-bond acceptors (Lipinski definition) is 4. The molecule has 2 rings (SSSR count). The van der Waals surface area contributed by atoms with Crippen molar-refractivity contribution >= 4 is 11.6 Å². The number of hydrogen-bond donors (Lipinski definition) is 1. The largest absolute Gasteiger partial charge is 0.314 e. The van der Waals surface area contributed by atoms with Crippen molar-refractivity contribution in [3.63, 3.8) is 0 Å². The number of nitrogens with one attached hydrogen (secondary N) is 1. The second-order valence-electron chi connectivity index (χ2n) is 5.71. The first kappa shape index (κ1) is 16.7. The van der Waals surface area contributed by atoms with E-state index in [0.29, 0.717) is 0 Å². The maximum atomic E-state index is 6.47. The van der Waals surface area contributed by atoms with E-state index in [9.17, 15) is 0 Å². The minimum absolute atomic E-state index is 0.855. The summed E-state index contributed by atoms with van der Waals surface area (Å²) in [4.78, 5) is 4.86. The number of aromatic nitrogens is 2. The molecule has 0 aliphatic carbocycles. The molecule has 1 aliphatic heterocycles. The van der Waals surface area contributed by atoms with Crippen LogP contribution in [0.5, 0.6) is 0 Å². The second-order valence-corrected chi connectivity index (χ2v) is 6.08. The molecule has 0 saturated carbocycles. The molecule has 0 bridgehead atoms. The molecule has 1 aromatic rings. The van der Waals surface area contributed by atoms with E-state index in [2.05, 4.69) is 41.1 Å². The highest BCUT2D eigenvalue weighted by atomic mass is 35.5. The Kier molecular flexibility index (Phi) is 6.48. The van der Waals surface area contributed by atoms with Crippen LogP contribution in [0.4, 0.5) is 0 Å². The molecule has 0 aromatic carbocycles. The Hall–Kier alpha value is -0.620. The molecule has 0 atom stereocenters. The average molecular weight is 314 g/mol. The highest BCUT2D eigenvalue weighted by Crippen LogP contribution is 2.22. The van der Waals surface area contributed by atoms with E-state index >= 15 is 0 Å². The fourth-order valence-corrected chi connectivity index (χ4v) is 3.08. The molecule has 0 amide bonds. The Balaban J connectivity index is 1.89. The van der Waals surface area contributed by atoms with Crippen molar-refractivity contribution < 1.29 is 0 Å². The van der Waals surface area contributed by atoms with Crippen LogP contribution in [0.25, 0.3) is 0 Å². The molecule has 0 spiro atoms. The first-order valence-electron chi connectivity index (χ1n) is 8.01. The average Bonchev–Trinajstić information content (AvgIpc) is 2.82. The molecule has 0 unspecified atom stereocenters. The summed E-state index contributed by atoms with van der Waals surface area (Å²) in [7, 11) is 2.16. The zero-order valence-corrected chi connectivity index (χ0v) is 14.3. The van der Waals surface area contributed by atoms with Gasteiger partial charge in [-0.1, -0.05) is 18.5 Å². The maximum absolute atomic E-state index is 6.47. The van der Waals surface area contributed by atoms with Crippen LogP contribution in [0.1, 0.15) is 25.2 Å². The van der Waals surface area contributed by atoms with Crippen LogP contribution in [-0.4, -0.2) is 65.9 Å². The van der Waals surface area contributed by atoms with Gasteiger partial charge in [-0.15, -0.1) is 0 Å². The number of nitrogens with zero attached hydrogens (tertiary/aromatic N) is 4. The molecule has 5 nitrogen and oxygen atoms in total. The van der Waals surface area contributed by atoms with Crippen LogP contribution < -0.4 is 5.32 Å². The molecule has 1 aliphatic rings. The van der Waals surface area contributed by atoms with Crippen molar-refractivity contribution in [2.75, 3.05) is 46.3 Å². The van der Waals surface area contributed by atoms with E-state index in [4.69, 9.17) is 11.6 Å². The zero-order valence-electron chi connectivity index (χ0n) is 13.5. The smallest absolute Gasteiger partial charge is 0.0863 e. The van der Waals surface area contributed by atoms with Crippen molar-refractivity contribution in [1.29, 1.82) is 0 Å². The van der Waals surface area contributed by atoms with Crippen molar-refractivity contribution in [1.82, 2.24) is 24.9 Å². The first-order valence-corrected chi connectivity index (χ1v) is 8.39. The van der Waals surface area contributed by atoms with E-state index in [1.807, 2.05) is 4.68 Å². The topological polar surface area (TPSA) is 36.3 Å². The summed E-state index contributed by atoms with van der Waals surface area (Å²) >= 11 is 6.47. The SMILES string of the molecule is CCc1nn(CC)c(CN(C)CCN2CCNCC2)c1Cl. The van der Waals surface area contributed by atoms with Crippen molar-refractivity contribution in [3.05, 3.63) is 16.4 Å². The lowest BCUT2D eigenvalue weighted by Gasteiger charge is -2.29.